The van der Waals surface area contributed by atoms with Gasteiger partial charge in [-0.1, -0.05) is 38.5 Å². The molecule has 1 amide bonds. The maximum Gasteiger partial charge on any atom is 0.226 e. The lowest BCUT2D eigenvalue weighted by atomic mass is 9.84. The number of hydrogen-bond donors (Lipinski definition) is 0. The van der Waals surface area contributed by atoms with Crippen LogP contribution in [0.5, 0.6) is 0 Å². The van der Waals surface area contributed by atoms with Crippen molar-refractivity contribution in [2.45, 2.75) is 46.2 Å². The van der Waals surface area contributed by atoms with Crippen molar-refractivity contribution in [1.82, 2.24) is 14.5 Å². The first-order valence-electron chi connectivity index (χ1n) is 9.06. The molecule has 1 aliphatic rings. The molecule has 0 saturated heterocycles. The highest BCUT2D eigenvalue weighted by atomic mass is 19.1. The highest BCUT2D eigenvalue weighted by Gasteiger charge is 2.30. The summed E-state index contributed by atoms with van der Waals surface area (Å²) in [5, 5.41) is 0. The molecule has 1 aromatic carbocycles. The zero-order chi connectivity index (χ0) is 17.8. The first kappa shape index (κ1) is 17.6. The van der Waals surface area contributed by atoms with E-state index in [0.717, 1.165) is 31.6 Å². The number of rotatable bonds is 7. The number of carbonyl (C=O) groups excluding carboxylic acids is 1. The molecule has 5 heteroatoms. The fraction of sp³-hybridized carbons (Fsp3) is 0.500. The van der Waals surface area contributed by atoms with E-state index < -0.39 is 0 Å². The van der Waals surface area contributed by atoms with E-state index in [4.69, 9.17) is 0 Å². The van der Waals surface area contributed by atoms with E-state index >= 15 is 0 Å². The number of benzene rings is 1. The minimum atomic E-state index is -0.216. The van der Waals surface area contributed by atoms with Crippen molar-refractivity contribution in [2.24, 2.45) is 11.8 Å². The molecule has 0 N–H and O–H groups in total. The number of amides is 1. The minimum absolute atomic E-state index is 0.175. The Hall–Kier alpha value is -2.17. The second-order valence-electron chi connectivity index (χ2n) is 7.30. The first-order chi connectivity index (χ1) is 12.0. The average Bonchev–Trinajstić information content (AvgIpc) is 2.94. The molecular formula is C20H26FN3O. The molecule has 4 nitrogen and oxygen atoms in total. The Morgan fingerprint density at radius 2 is 2.12 bits per heavy atom. The van der Waals surface area contributed by atoms with Crippen molar-refractivity contribution in [3.05, 3.63) is 53.9 Å². The SMILES string of the molecule is CC(C)CN(Cc1nccn1Cc1ccccc1F)C(=O)C1CCC1. The van der Waals surface area contributed by atoms with E-state index in [1.807, 2.05) is 21.7 Å². The van der Waals surface area contributed by atoms with Gasteiger partial charge in [0.1, 0.15) is 11.6 Å². The molecule has 25 heavy (non-hydrogen) atoms. The van der Waals surface area contributed by atoms with Gasteiger partial charge in [0.25, 0.3) is 0 Å². The highest BCUT2D eigenvalue weighted by Crippen LogP contribution is 2.29. The summed E-state index contributed by atoms with van der Waals surface area (Å²) in [6.07, 6.45) is 6.71. The van der Waals surface area contributed by atoms with Crippen molar-refractivity contribution < 1.29 is 9.18 Å². The summed E-state index contributed by atoms with van der Waals surface area (Å²) in [6, 6.07) is 6.77. The van der Waals surface area contributed by atoms with Gasteiger partial charge in [-0.3, -0.25) is 4.79 Å². The zero-order valence-corrected chi connectivity index (χ0v) is 15.0. The van der Waals surface area contributed by atoms with Gasteiger partial charge in [-0.25, -0.2) is 9.37 Å². The fourth-order valence-electron chi connectivity index (χ4n) is 3.20. The van der Waals surface area contributed by atoms with Gasteiger partial charge in [-0.15, -0.1) is 0 Å². The fourth-order valence-corrected chi connectivity index (χ4v) is 3.20. The van der Waals surface area contributed by atoms with Crippen LogP contribution in [0.1, 0.15) is 44.5 Å². The second-order valence-corrected chi connectivity index (χ2v) is 7.30. The molecule has 0 radical (unpaired) electrons. The van der Waals surface area contributed by atoms with Crippen LogP contribution in [0.3, 0.4) is 0 Å². The lowest BCUT2D eigenvalue weighted by Crippen LogP contribution is -2.41. The number of carbonyl (C=O) groups is 1. The lowest BCUT2D eigenvalue weighted by Gasteiger charge is -2.32. The van der Waals surface area contributed by atoms with Crippen molar-refractivity contribution in [1.29, 1.82) is 0 Å². The summed E-state index contributed by atoms with van der Waals surface area (Å²) in [5.74, 6) is 1.40. The van der Waals surface area contributed by atoms with Gasteiger partial charge in [-0.05, 0) is 24.8 Å². The summed E-state index contributed by atoms with van der Waals surface area (Å²) >= 11 is 0. The van der Waals surface area contributed by atoms with Crippen LogP contribution >= 0.6 is 0 Å². The Morgan fingerprint density at radius 3 is 2.76 bits per heavy atom. The van der Waals surface area contributed by atoms with Crippen LogP contribution in [0.2, 0.25) is 0 Å². The largest absolute Gasteiger partial charge is 0.335 e. The smallest absolute Gasteiger partial charge is 0.226 e. The average molecular weight is 343 g/mol. The minimum Gasteiger partial charge on any atom is -0.335 e. The normalized spacial score (nSPS) is 14.6. The topological polar surface area (TPSA) is 38.1 Å². The van der Waals surface area contributed by atoms with Gasteiger partial charge in [0.15, 0.2) is 0 Å². The lowest BCUT2D eigenvalue weighted by molar-refractivity contribution is -0.139. The predicted octanol–water partition coefficient (Wildman–Crippen LogP) is 3.86. The number of aromatic nitrogens is 2. The van der Waals surface area contributed by atoms with Gasteiger partial charge in [0.2, 0.25) is 5.91 Å². The van der Waals surface area contributed by atoms with E-state index in [2.05, 4.69) is 18.8 Å². The van der Waals surface area contributed by atoms with Crippen LogP contribution in [0.25, 0.3) is 0 Å². The molecule has 2 aromatic rings. The van der Waals surface area contributed by atoms with Gasteiger partial charge < -0.3 is 9.47 Å². The second kappa shape index (κ2) is 7.81. The van der Waals surface area contributed by atoms with Crippen molar-refractivity contribution in [3.8, 4) is 0 Å². The van der Waals surface area contributed by atoms with E-state index in [1.54, 1.807) is 18.3 Å². The third-order valence-electron chi connectivity index (χ3n) is 4.78. The molecule has 0 atom stereocenters. The standard InChI is InChI=1S/C20H26FN3O/c1-15(2)12-24(20(25)16-7-5-8-16)14-19-22-10-11-23(19)13-17-6-3-4-9-18(17)21/h3-4,6,9-11,15-16H,5,7-8,12-14H2,1-2H3. The third kappa shape index (κ3) is 4.27. The molecule has 1 heterocycles. The summed E-state index contributed by atoms with van der Waals surface area (Å²) in [4.78, 5) is 19.1. The van der Waals surface area contributed by atoms with Crippen molar-refractivity contribution >= 4 is 5.91 Å². The predicted molar refractivity (Wildman–Crippen MR) is 95.3 cm³/mol. The van der Waals surface area contributed by atoms with Gasteiger partial charge in [0, 0.05) is 30.4 Å². The summed E-state index contributed by atoms with van der Waals surface area (Å²) in [7, 11) is 0. The van der Waals surface area contributed by atoms with Crippen LogP contribution in [-0.4, -0.2) is 26.9 Å². The quantitative estimate of drug-likeness (QED) is 0.766. The summed E-state index contributed by atoms with van der Waals surface area (Å²) in [6.45, 7) is 5.87. The number of halogens is 1. The third-order valence-corrected chi connectivity index (χ3v) is 4.78. The van der Waals surface area contributed by atoms with Gasteiger partial charge in [-0.2, -0.15) is 0 Å². The monoisotopic (exact) mass is 343 g/mol. The molecule has 1 aliphatic carbocycles. The van der Waals surface area contributed by atoms with E-state index in [9.17, 15) is 9.18 Å². The molecule has 1 aromatic heterocycles. The summed E-state index contributed by atoms with van der Waals surface area (Å²) in [5.41, 5.74) is 0.627. The summed E-state index contributed by atoms with van der Waals surface area (Å²) < 4.78 is 15.9. The van der Waals surface area contributed by atoms with Crippen LogP contribution in [0.15, 0.2) is 36.7 Å². The van der Waals surface area contributed by atoms with Crippen LogP contribution in [-0.2, 0) is 17.9 Å². The molecule has 1 saturated carbocycles. The van der Waals surface area contributed by atoms with Gasteiger partial charge >= 0.3 is 0 Å². The Bertz CT molecular complexity index is 721. The number of imidazole rings is 1. The maximum absolute atomic E-state index is 13.9. The highest BCUT2D eigenvalue weighted by molar-refractivity contribution is 5.79. The first-order valence-corrected chi connectivity index (χ1v) is 9.06. The van der Waals surface area contributed by atoms with E-state index in [-0.39, 0.29) is 17.6 Å². The molecule has 0 aliphatic heterocycles. The molecular weight excluding hydrogens is 317 g/mol. The molecule has 0 spiro atoms. The van der Waals surface area contributed by atoms with Crippen LogP contribution in [0, 0.1) is 17.7 Å². The molecule has 0 bridgehead atoms. The molecule has 3 rings (SSSR count). The zero-order valence-electron chi connectivity index (χ0n) is 15.0. The maximum atomic E-state index is 13.9. The molecule has 0 unspecified atom stereocenters. The molecule has 1 fully saturated rings. The Morgan fingerprint density at radius 1 is 1.36 bits per heavy atom. The van der Waals surface area contributed by atoms with Gasteiger partial charge in [0.05, 0.1) is 13.1 Å². The Kier molecular flexibility index (Phi) is 5.51. The van der Waals surface area contributed by atoms with Crippen molar-refractivity contribution in [3.63, 3.8) is 0 Å². The number of hydrogen-bond acceptors (Lipinski definition) is 2. The van der Waals surface area contributed by atoms with Crippen LogP contribution in [0.4, 0.5) is 4.39 Å². The number of nitrogens with zero attached hydrogens (tertiary/aromatic N) is 3. The van der Waals surface area contributed by atoms with E-state index in [0.29, 0.717) is 24.6 Å². The van der Waals surface area contributed by atoms with E-state index in [1.165, 1.54) is 6.07 Å². The Labute approximate surface area is 148 Å². The Balaban J connectivity index is 1.75. The van der Waals surface area contributed by atoms with Crippen molar-refractivity contribution in [2.75, 3.05) is 6.54 Å². The van der Waals surface area contributed by atoms with Crippen LogP contribution < -0.4 is 0 Å². The molecule has 134 valence electrons.